The van der Waals surface area contributed by atoms with Crippen LogP contribution in [0, 0.1) is 5.92 Å². The van der Waals surface area contributed by atoms with E-state index in [9.17, 15) is 9.90 Å². The van der Waals surface area contributed by atoms with Gasteiger partial charge < -0.3 is 30.0 Å². The van der Waals surface area contributed by atoms with Crippen LogP contribution in [-0.2, 0) is 20.7 Å². The molecule has 0 aliphatic heterocycles. The molecule has 0 saturated heterocycles. The molecule has 1 fully saturated rings. The number of ether oxygens (including phenoxy) is 3. The third-order valence-corrected chi connectivity index (χ3v) is 5.12. The third-order valence-electron chi connectivity index (χ3n) is 5.12. The predicted molar refractivity (Wildman–Crippen MR) is 103 cm³/mol. The van der Waals surface area contributed by atoms with Crippen molar-refractivity contribution in [3.63, 3.8) is 0 Å². The number of hydrogen-bond donors (Lipinski definition) is 3. The zero-order valence-electron chi connectivity index (χ0n) is 16.5. The van der Waals surface area contributed by atoms with Gasteiger partial charge in [-0.15, -0.1) is 0 Å². The van der Waals surface area contributed by atoms with Gasteiger partial charge in [0.05, 0.1) is 13.2 Å². The van der Waals surface area contributed by atoms with Crippen molar-refractivity contribution < 1.29 is 24.1 Å². The topological polar surface area (TPSA) is 89.1 Å². The van der Waals surface area contributed by atoms with Crippen LogP contribution in [0.1, 0.15) is 31.2 Å². The largest absolute Gasteiger partial charge is 0.504 e. The number of nitrogens with one attached hydrogen (secondary N) is 2. The average Bonchev–Trinajstić information content (AvgIpc) is 2.63. The lowest BCUT2D eigenvalue weighted by Crippen LogP contribution is -2.48. The van der Waals surface area contributed by atoms with Crippen molar-refractivity contribution in [1.82, 2.24) is 10.6 Å². The van der Waals surface area contributed by atoms with Gasteiger partial charge in [-0.25, -0.2) is 0 Å². The van der Waals surface area contributed by atoms with Crippen LogP contribution in [-0.4, -0.2) is 57.8 Å². The van der Waals surface area contributed by atoms with Crippen LogP contribution >= 0.6 is 0 Å². The van der Waals surface area contributed by atoms with Gasteiger partial charge in [0, 0.05) is 27.3 Å². The van der Waals surface area contributed by atoms with Gasteiger partial charge in [-0.2, -0.15) is 0 Å². The van der Waals surface area contributed by atoms with Crippen LogP contribution < -0.4 is 15.4 Å². The van der Waals surface area contributed by atoms with Crippen molar-refractivity contribution >= 4 is 5.91 Å². The van der Waals surface area contributed by atoms with E-state index >= 15 is 0 Å². The summed E-state index contributed by atoms with van der Waals surface area (Å²) in [4.78, 5) is 12.6. The minimum absolute atomic E-state index is 0.00871. The van der Waals surface area contributed by atoms with Crippen molar-refractivity contribution in [2.75, 3.05) is 34.4 Å². The number of rotatable bonds is 12. The number of carbonyl (C=O) groups excluding carboxylic acids is 1. The minimum Gasteiger partial charge on any atom is -0.504 e. The number of benzene rings is 1. The van der Waals surface area contributed by atoms with E-state index in [0.29, 0.717) is 31.2 Å². The van der Waals surface area contributed by atoms with E-state index in [1.165, 1.54) is 26.4 Å². The summed E-state index contributed by atoms with van der Waals surface area (Å²) in [5.74, 6) is 1.15. The Morgan fingerprint density at radius 2 is 2.00 bits per heavy atom. The van der Waals surface area contributed by atoms with Gasteiger partial charge in [-0.3, -0.25) is 4.79 Å². The summed E-state index contributed by atoms with van der Waals surface area (Å²) in [7, 11) is 4.68. The van der Waals surface area contributed by atoms with Crippen LogP contribution in [0.3, 0.4) is 0 Å². The lowest BCUT2D eigenvalue weighted by atomic mass is 9.80. The molecule has 1 aliphatic carbocycles. The Morgan fingerprint density at radius 1 is 1.26 bits per heavy atom. The summed E-state index contributed by atoms with van der Waals surface area (Å²) in [6.45, 7) is 0.968. The number of amides is 1. The van der Waals surface area contributed by atoms with Gasteiger partial charge in [0.2, 0.25) is 5.91 Å². The lowest BCUT2D eigenvalue weighted by Gasteiger charge is -2.30. The van der Waals surface area contributed by atoms with Crippen molar-refractivity contribution in [3.05, 3.63) is 23.8 Å². The Morgan fingerprint density at radius 3 is 2.56 bits per heavy atom. The molecular formula is C20H32N2O5. The zero-order chi connectivity index (χ0) is 19.6. The maximum absolute atomic E-state index is 12.6. The number of aromatic hydroxyl groups is 1. The molecule has 0 bridgehead atoms. The van der Waals surface area contributed by atoms with E-state index in [1.807, 2.05) is 6.07 Å². The molecule has 7 heteroatoms. The van der Waals surface area contributed by atoms with E-state index in [2.05, 4.69) is 10.6 Å². The molecule has 2 rings (SSSR count). The fourth-order valence-corrected chi connectivity index (χ4v) is 3.19. The third kappa shape index (κ3) is 6.68. The van der Waals surface area contributed by atoms with Gasteiger partial charge >= 0.3 is 0 Å². The molecule has 1 atom stereocenters. The zero-order valence-corrected chi connectivity index (χ0v) is 16.5. The molecule has 0 heterocycles. The Hall–Kier alpha value is -1.83. The SMILES string of the molecule is COc1ccc(CCNC(=O)C(CC2CCC2)NCC(OC)OC)cc1O. The number of phenols is 1. The molecule has 0 spiro atoms. The van der Waals surface area contributed by atoms with Crippen LogP contribution in [0.15, 0.2) is 18.2 Å². The summed E-state index contributed by atoms with van der Waals surface area (Å²) in [6.07, 6.45) is 4.72. The highest BCUT2D eigenvalue weighted by molar-refractivity contribution is 5.81. The number of hydrogen-bond acceptors (Lipinski definition) is 6. The summed E-state index contributed by atoms with van der Waals surface area (Å²) in [5, 5.41) is 16.1. The molecule has 1 amide bonds. The van der Waals surface area contributed by atoms with Gasteiger partial charge in [0.25, 0.3) is 0 Å². The summed E-state index contributed by atoms with van der Waals surface area (Å²) >= 11 is 0. The molecule has 7 nitrogen and oxygen atoms in total. The first kappa shape index (κ1) is 21.5. The standard InChI is InChI=1S/C20H32N2O5/c1-25-18-8-7-15(12-17(18)23)9-10-21-20(24)16(11-14-5-4-6-14)22-13-19(26-2)27-3/h7-8,12,14,16,19,22-23H,4-6,9-11,13H2,1-3H3,(H,21,24). The first-order valence-corrected chi connectivity index (χ1v) is 9.50. The molecule has 1 aromatic carbocycles. The Balaban J connectivity index is 1.83. The van der Waals surface area contributed by atoms with E-state index in [1.54, 1.807) is 26.4 Å². The smallest absolute Gasteiger partial charge is 0.237 e. The Bertz CT molecular complexity index is 588. The van der Waals surface area contributed by atoms with Gasteiger partial charge in [-0.05, 0) is 36.5 Å². The maximum Gasteiger partial charge on any atom is 0.237 e. The second-order valence-corrected chi connectivity index (χ2v) is 6.94. The fraction of sp³-hybridized carbons (Fsp3) is 0.650. The lowest BCUT2D eigenvalue weighted by molar-refractivity contribution is -0.125. The van der Waals surface area contributed by atoms with Gasteiger partial charge in [-0.1, -0.05) is 25.3 Å². The quantitative estimate of drug-likeness (QED) is 0.480. The minimum atomic E-state index is -0.371. The molecule has 3 N–H and O–H groups in total. The molecule has 1 saturated carbocycles. The first-order valence-electron chi connectivity index (χ1n) is 9.50. The second kappa shape index (κ2) is 11.1. The monoisotopic (exact) mass is 380 g/mol. The highest BCUT2D eigenvalue weighted by Crippen LogP contribution is 2.30. The van der Waals surface area contributed by atoms with E-state index < -0.39 is 0 Å². The van der Waals surface area contributed by atoms with Crippen molar-refractivity contribution in [2.45, 2.75) is 44.4 Å². The van der Waals surface area contributed by atoms with E-state index in [4.69, 9.17) is 14.2 Å². The van der Waals surface area contributed by atoms with Gasteiger partial charge in [0.1, 0.15) is 0 Å². The number of phenolic OH excluding ortho intramolecular Hbond substituents is 1. The maximum atomic E-state index is 12.6. The van der Waals surface area contributed by atoms with Crippen LogP contribution in [0.5, 0.6) is 11.5 Å². The Kier molecular flexibility index (Phi) is 8.84. The van der Waals surface area contributed by atoms with Crippen LogP contribution in [0.4, 0.5) is 0 Å². The van der Waals surface area contributed by atoms with Gasteiger partial charge in [0.15, 0.2) is 17.8 Å². The number of methoxy groups -OCH3 is 3. The highest BCUT2D eigenvalue weighted by atomic mass is 16.7. The fourth-order valence-electron chi connectivity index (χ4n) is 3.19. The predicted octanol–water partition coefficient (Wildman–Crippen LogP) is 1.83. The molecular weight excluding hydrogens is 348 g/mol. The molecule has 1 unspecified atom stereocenters. The Labute approximate surface area is 161 Å². The van der Waals surface area contributed by atoms with E-state index in [-0.39, 0.29) is 24.0 Å². The van der Waals surface area contributed by atoms with Crippen LogP contribution in [0.25, 0.3) is 0 Å². The van der Waals surface area contributed by atoms with E-state index in [0.717, 1.165) is 12.0 Å². The normalized spacial score (nSPS) is 15.4. The van der Waals surface area contributed by atoms with Crippen molar-refractivity contribution in [3.8, 4) is 11.5 Å². The molecule has 152 valence electrons. The number of carbonyl (C=O) groups is 1. The highest BCUT2D eigenvalue weighted by Gasteiger charge is 2.26. The first-order chi connectivity index (χ1) is 13.1. The van der Waals surface area contributed by atoms with Crippen molar-refractivity contribution in [1.29, 1.82) is 0 Å². The average molecular weight is 380 g/mol. The molecule has 0 radical (unpaired) electrons. The van der Waals surface area contributed by atoms with Crippen LogP contribution in [0.2, 0.25) is 0 Å². The molecule has 1 aromatic rings. The molecule has 0 aromatic heterocycles. The summed E-state index contributed by atoms with van der Waals surface area (Å²) in [5.41, 5.74) is 0.941. The molecule has 1 aliphatic rings. The summed E-state index contributed by atoms with van der Waals surface area (Å²) in [6, 6.07) is 5.02. The van der Waals surface area contributed by atoms with Crippen molar-refractivity contribution in [2.24, 2.45) is 5.92 Å². The summed E-state index contributed by atoms with van der Waals surface area (Å²) < 4.78 is 15.4. The second-order valence-electron chi connectivity index (χ2n) is 6.94. The molecule has 27 heavy (non-hydrogen) atoms.